The number of rotatable bonds is 7. The Bertz CT molecular complexity index is 1720. The van der Waals surface area contributed by atoms with Gasteiger partial charge < -0.3 is 4.74 Å². The molecule has 0 aliphatic rings. The number of hydrogen-bond acceptors (Lipinski definition) is 6. The van der Waals surface area contributed by atoms with Gasteiger partial charge in [0.05, 0.1) is 27.9 Å². The maximum atomic E-state index is 13.5. The molecule has 36 heavy (non-hydrogen) atoms. The van der Waals surface area contributed by atoms with Gasteiger partial charge in [-0.25, -0.2) is 18.0 Å². The van der Waals surface area contributed by atoms with Crippen LogP contribution in [0.25, 0.3) is 10.9 Å². The molecule has 0 aliphatic heterocycles. The number of carbonyl (C=O) groups is 1. The number of aromatic nitrogens is 2. The lowest BCUT2D eigenvalue weighted by Gasteiger charge is -2.15. The second-order valence-corrected chi connectivity index (χ2v) is 10.3. The van der Waals surface area contributed by atoms with Gasteiger partial charge in [0.25, 0.3) is 15.6 Å². The van der Waals surface area contributed by atoms with Gasteiger partial charge >= 0.3 is 11.7 Å². The van der Waals surface area contributed by atoms with Crippen molar-refractivity contribution in [3.63, 3.8) is 0 Å². The molecule has 0 N–H and O–H groups in total. The SMILES string of the molecule is C=CCOC(=O)c1cccc(Cn2c(=O)n(S(=O)(=O)c3ccc(Cl)cc3)c(=O)c3ccc(Cl)cc32)c1. The van der Waals surface area contributed by atoms with E-state index in [-0.39, 0.29) is 43.5 Å². The number of hydrogen-bond donors (Lipinski definition) is 0. The number of nitrogens with zero attached hydrogens (tertiary/aromatic N) is 2. The van der Waals surface area contributed by atoms with Gasteiger partial charge in [-0.3, -0.25) is 9.36 Å². The van der Waals surface area contributed by atoms with Gasteiger partial charge in [-0.15, -0.1) is 3.97 Å². The van der Waals surface area contributed by atoms with Crippen LogP contribution in [0.15, 0.2) is 93.9 Å². The first-order valence-electron chi connectivity index (χ1n) is 10.5. The first-order chi connectivity index (χ1) is 17.1. The summed E-state index contributed by atoms with van der Waals surface area (Å²) >= 11 is 12.0. The first-order valence-corrected chi connectivity index (χ1v) is 12.7. The standard InChI is InChI=1S/C25H18Cl2N2O6S/c1-2-12-35-24(31)17-5-3-4-16(13-17)15-28-22-14-19(27)8-11-21(22)23(30)29(25(28)32)36(33,34)20-9-6-18(26)7-10-20/h2-11,13-14H,1,12,15H2. The molecule has 0 amide bonds. The van der Waals surface area contributed by atoms with Crippen molar-refractivity contribution in [3.05, 3.63) is 121 Å². The molecule has 8 nitrogen and oxygen atoms in total. The van der Waals surface area contributed by atoms with Gasteiger partial charge in [-0.1, -0.05) is 48.0 Å². The van der Waals surface area contributed by atoms with E-state index in [0.717, 1.165) is 4.57 Å². The Balaban J connectivity index is 1.93. The number of carbonyl (C=O) groups excluding carboxylic acids is 1. The van der Waals surface area contributed by atoms with Crippen LogP contribution in [0.5, 0.6) is 0 Å². The van der Waals surface area contributed by atoms with Crippen molar-refractivity contribution < 1.29 is 17.9 Å². The summed E-state index contributed by atoms with van der Waals surface area (Å²) in [7, 11) is -4.57. The highest BCUT2D eigenvalue weighted by Gasteiger charge is 2.25. The molecule has 0 saturated carbocycles. The minimum Gasteiger partial charge on any atom is -0.458 e. The minimum absolute atomic E-state index is 0.0270. The number of esters is 1. The maximum absolute atomic E-state index is 13.5. The summed E-state index contributed by atoms with van der Waals surface area (Å²) in [6.07, 6.45) is 1.43. The van der Waals surface area contributed by atoms with Crippen molar-refractivity contribution >= 4 is 50.1 Å². The maximum Gasteiger partial charge on any atom is 0.346 e. The minimum atomic E-state index is -4.57. The molecular weight excluding hydrogens is 527 g/mol. The lowest BCUT2D eigenvalue weighted by molar-refractivity contribution is 0.0549. The van der Waals surface area contributed by atoms with Crippen molar-refractivity contribution in [2.45, 2.75) is 11.4 Å². The van der Waals surface area contributed by atoms with E-state index in [4.69, 9.17) is 27.9 Å². The quantitative estimate of drug-likeness (QED) is 0.256. The predicted molar refractivity (Wildman–Crippen MR) is 138 cm³/mol. The molecule has 11 heteroatoms. The van der Waals surface area contributed by atoms with Crippen LogP contribution in [0.2, 0.25) is 10.0 Å². The van der Waals surface area contributed by atoms with Crippen LogP contribution in [-0.2, 0) is 21.3 Å². The highest BCUT2D eigenvalue weighted by molar-refractivity contribution is 7.90. The molecule has 1 aromatic heterocycles. The van der Waals surface area contributed by atoms with E-state index in [1.165, 1.54) is 54.6 Å². The summed E-state index contributed by atoms with van der Waals surface area (Å²) in [4.78, 5) is 38.7. The Kier molecular flexibility index (Phi) is 7.16. The van der Waals surface area contributed by atoms with Crippen LogP contribution >= 0.6 is 23.2 Å². The van der Waals surface area contributed by atoms with Crippen molar-refractivity contribution in [2.75, 3.05) is 6.61 Å². The van der Waals surface area contributed by atoms with E-state index in [1.54, 1.807) is 18.2 Å². The van der Waals surface area contributed by atoms with E-state index in [2.05, 4.69) is 6.58 Å². The van der Waals surface area contributed by atoms with Crippen LogP contribution in [0.3, 0.4) is 0 Å². The zero-order chi connectivity index (χ0) is 26.0. The average Bonchev–Trinajstić information content (AvgIpc) is 2.85. The van der Waals surface area contributed by atoms with Crippen molar-refractivity contribution in [1.29, 1.82) is 0 Å². The fourth-order valence-corrected chi connectivity index (χ4v) is 5.20. The van der Waals surface area contributed by atoms with Crippen LogP contribution in [-0.4, -0.2) is 29.5 Å². The van der Waals surface area contributed by atoms with Gasteiger partial charge in [0, 0.05) is 10.0 Å². The summed E-state index contributed by atoms with van der Waals surface area (Å²) in [5.41, 5.74) is -1.25. The van der Waals surface area contributed by atoms with Crippen LogP contribution in [0, 0.1) is 0 Å². The zero-order valence-electron chi connectivity index (χ0n) is 18.6. The van der Waals surface area contributed by atoms with E-state index >= 15 is 0 Å². The van der Waals surface area contributed by atoms with E-state index in [9.17, 15) is 22.8 Å². The molecule has 1 heterocycles. The largest absolute Gasteiger partial charge is 0.458 e. The molecule has 184 valence electrons. The van der Waals surface area contributed by atoms with E-state index < -0.39 is 27.2 Å². The fourth-order valence-electron chi connectivity index (χ4n) is 3.59. The first kappa shape index (κ1) is 25.4. The summed E-state index contributed by atoms with van der Waals surface area (Å²) in [6, 6.07) is 15.6. The molecule has 3 aromatic carbocycles. The van der Waals surface area contributed by atoms with E-state index in [0.29, 0.717) is 10.6 Å². The van der Waals surface area contributed by atoms with Gasteiger partial charge in [0.2, 0.25) is 0 Å². The van der Waals surface area contributed by atoms with Crippen molar-refractivity contribution in [1.82, 2.24) is 8.54 Å². The molecule has 4 aromatic rings. The molecule has 0 atom stereocenters. The number of benzene rings is 3. The molecule has 0 spiro atoms. The monoisotopic (exact) mass is 544 g/mol. The molecular formula is C25H18Cl2N2O6S. The number of ether oxygens (including phenoxy) is 1. The molecule has 0 unspecified atom stereocenters. The van der Waals surface area contributed by atoms with Gasteiger partial charge in [0.15, 0.2) is 0 Å². The lowest BCUT2D eigenvalue weighted by Crippen LogP contribution is -2.44. The zero-order valence-corrected chi connectivity index (χ0v) is 20.9. The average molecular weight is 545 g/mol. The van der Waals surface area contributed by atoms with Gasteiger partial charge in [-0.05, 0) is 60.2 Å². The smallest absolute Gasteiger partial charge is 0.346 e. The Morgan fingerprint density at radius 1 is 0.972 bits per heavy atom. The summed E-state index contributed by atoms with van der Waals surface area (Å²) in [6.45, 7) is 3.37. The van der Waals surface area contributed by atoms with Crippen LogP contribution < -0.4 is 11.2 Å². The molecule has 0 radical (unpaired) electrons. The van der Waals surface area contributed by atoms with Gasteiger partial charge in [-0.2, -0.15) is 0 Å². The van der Waals surface area contributed by atoms with E-state index in [1.807, 2.05) is 0 Å². The topological polar surface area (TPSA) is 104 Å². The number of fused-ring (bicyclic) bond motifs is 1. The molecule has 0 fully saturated rings. The third-order valence-corrected chi connectivity index (χ3v) is 7.42. The Hall–Kier alpha value is -3.66. The second-order valence-electron chi connectivity index (χ2n) is 7.65. The Labute approximate surface area is 215 Å². The molecule has 0 aliphatic carbocycles. The second kappa shape index (κ2) is 10.1. The van der Waals surface area contributed by atoms with Gasteiger partial charge in [0.1, 0.15) is 6.61 Å². The number of halogens is 2. The molecule has 4 rings (SSSR count). The summed E-state index contributed by atoms with van der Waals surface area (Å²) in [5, 5.41) is 0.506. The molecule has 0 saturated heterocycles. The van der Waals surface area contributed by atoms with Crippen LogP contribution in [0.1, 0.15) is 15.9 Å². The van der Waals surface area contributed by atoms with Crippen molar-refractivity contribution in [3.8, 4) is 0 Å². The third-order valence-electron chi connectivity index (χ3n) is 5.26. The predicted octanol–water partition coefficient (Wildman–Crippen LogP) is 4.10. The lowest BCUT2D eigenvalue weighted by atomic mass is 10.1. The van der Waals surface area contributed by atoms with Crippen molar-refractivity contribution in [2.24, 2.45) is 0 Å². The highest BCUT2D eigenvalue weighted by atomic mass is 35.5. The summed E-state index contributed by atoms with van der Waals surface area (Å²) < 4.78 is 33.1. The summed E-state index contributed by atoms with van der Waals surface area (Å²) in [5.74, 6) is -0.590. The highest BCUT2D eigenvalue weighted by Crippen LogP contribution is 2.20. The Morgan fingerprint density at radius 3 is 2.36 bits per heavy atom. The molecule has 0 bridgehead atoms. The fraction of sp³-hybridized carbons (Fsp3) is 0.0800. The Morgan fingerprint density at radius 2 is 1.67 bits per heavy atom. The third kappa shape index (κ3) is 4.86. The normalized spacial score (nSPS) is 11.4. The van der Waals surface area contributed by atoms with Crippen LogP contribution in [0.4, 0.5) is 0 Å².